The zero-order valence-electron chi connectivity index (χ0n) is 9.15. The zero-order valence-corrected chi connectivity index (χ0v) is 9.15. The first-order valence-corrected chi connectivity index (χ1v) is 4.90. The van der Waals surface area contributed by atoms with Crippen LogP contribution >= 0.6 is 0 Å². The van der Waals surface area contributed by atoms with Gasteiger partial charge in [0.15, 0.2) is 0 Å². The summed E-state index contributed by atoms with van der Waals surface area (Å²) in [6.07, 6.45) is 6.74. The van der Waals surface area contributed by atoms with E-state index in [2.05, 4.69) is 46.8 Å². The van der Waals surface area contributed by atoms with Crippen LogP contribution < -0.4 is 0 Å². The summed E-state index contributed by atoms with van der Waals surface area (Å²) in [5.74, 6) is 0.709. The summed E-state index contributed by atoms with van der Waals surface area (Å²) in [5, 5.41) is 0. The standard InChI is InChI=1S/C12H22/c1-6-8-9-11(4)12(5)10(3)7-2/h6,8,11H,7,9H2,1-5H3. The molecule has 70 valence electrons. The van der Waals surface area contributed by atoms with Crippen molar-refractivity contribution < 1.29 is 0 Å². The van der Waals surface area contributed by atoms with Crippen molar-refractivity contribution in [1.29, 1.82) is 0 Å². The molecule has 0 nitrogen and oxygen atoms in total. The van der Waals surface area contributed by atoms with Crippen molar-refractivity contribution in [3.8, 4) is 0 Å². The average Bonchev–Trinajstić information content (AvgIpc) is 2.11. The lowest BCUT2D eigenvalue weighted by Gasteiger charge is -2.12. The Kier molecular flexibility index (Phi) is 5.79. The third-order valence-electron chi connectivity index (χ3n) is 2.67. The first-order chi connectivity index (χ1) is 5.63. The Morgan fingerprint density at radius 1 is 1.33 bits per heavy atom. The van der Waals surface area contributed by atoms with Crippen LogP contribution in [0.15, 0.2) is 23.3 Å². The molecule has 0 amide bonds. The minimum atomic E-state index is 0.709. The van der Waals surface area contributed by atoms with Crippen molar-refractivity contribution in [2.45, 2.75) is 47.5 Å². The summed E-state index contributed by atoms with van der Waals surface area (Å²) in [7, 11) is 0. The zero-order chi connectivity index (χ0) is 9.56. The van der Waals surface area contributed by atoms with Crippen LogP contribution in [-0.2, 0) is 0 Å². The monoisotopic (exact) mass is 166 g/mol. The summed E-state index contributed by atoms with van der Waals surface area (Å²) in [6, 6.07) is 0. The minimum absolute atomic E-state index is 0.709. The molecule has 0 saturated carbocycles. The maximum Gasteiger partial charge on any atom is -0.0197 e. The lowest BCUT2D eigenvalue weighted by Crippen LogP contribution is -1.97. The molecule has 12 heavy (non-hydrogen) atoms. The van der Waals surface area contributed by atoms with Gasteiger partial charge in [-0.3, -0.25) is 0 Å². The van der Waals surface area contributed by atoms with Crippen molar-refractivity contribution >= 4 is 0 Å². The Morgan fingerprint density at radius 3 is 2.33 bits per heavy atom. The predicted molar refractivity (Wildman–Crippen MR) is 57.3 cm³/mol. The van der Waals surface area contributed by atoms with Gasteiger partial charge < -0.3 is 0 Å². The second-order valence-corrected chi connectivity index (χ2v) is 3.52. The van der Waals surface area contributed by atoms with Gasteiger partial charge in [0, 0.05) is 0 Å². The lowest BCUT2D eigenvalue weighted by atomic mass is 9.94. The van der Waals surface area contributed by atoms with E-state index in [0.717, 1.165) is 0 Å². The summed E-state index contributed by atoms with van der Waals surface area (Å²) in [6.45, 7) is 11.1. The fourth-order valence-electron chi connectivity index (χ4n) is 1.22. The molecule has 0 aromatic rings. The fourth-order valence-corrected chi connectivity index (χ4v) is 1.22. The van der Waals surface area contributed by atoms with Crippen molar-refractivity contribution in [3.05, 3.63) is 23.3 Å². The molecule has 0 aliphatic heterocycles. The minimum Gasteiger partial charge on any atom is -0.0916 e. The SMILES string of the molecule is CC=CCC(C)C(C)=C(C)CC. The summed E-state index contributed by atoms with van der Waals surface area (Å²) >= 11 is 0. The Bertz CT molecular complexity index is 172. The summed E-state index contributed by atoms with van der Waals surface area (Å²) in [5.41, 5.74) is 3.11. The topological polar surface area (TPSA) is 0 Å². The molecule has 0 aromatic heterocycles. The summed E-state index contributed by atoms with van der Waals surface area (Å²) in [4.78, 5) is 0. The third kappa shape index (κ3) is 3.75. The van der Waals surface area contributed by atoms with Crippen molar-refractivity contribution in [1.82, 2.24) is 0 Å². The fraction of sp³-hybridized carbons (Fsp3) is 0.667. The maximum absolute atomic E-state index is 2.30. The molecule has 0 heteroatoms. The molecule has 0 bridgehead atoms. The third-order valence-corrected chi connectivity index (χ3v) is 2.67. The molecule has 0 radical (unpaired) electrons. The van der Waals surface area contributed by atoms with E-state index in [1.165, 1.54) is 12.8 Å². The van der Waals surface area contributed by atoms with Gasteiger partial charge in [-0.2, -0.15) is 0 Å². The van der Waals surface area contributed by atoms with Gasteiger partial charge in [-0.05, 0) is 39.5 Å². The van der Waals surface area contributed by atoms with E-state index in [1.807, 2.05) is 0 Å². The molecular weight excluding hydrogens is 144 g/mol. The Hall–Kier alpha value is -0.520. The molecule has 0 aromatic carbocycles. The van der Waals surface area contributed by atoms with Gasteiger partial charge in [0.05, 0.1) is 0 Å². The molecular formula is C12H22. The molecule has 0 spiro atoms. The van der Waals surface area contributed by atoms with Crippen molar-refractivity contribution in [2.75, 3.05) is 0 Å². The smallest absolute Gasteiger partial charge is 0.0197 e. The normalized spacial score (nSPS) is 16.4. The van der Waals surface area contributed by atoms with E-state index in [1.54, 1.807) is 11.1 Å². The van der Waals surface area contributed by atoms with Crippen LogP contribution in [0.1, 0.15) is 47.5 Å². The quantitative estimate of drug-likeness (QED) is 0.545. The highest BCUT2D eigenvalue weighted by Gasteiger charge is 2.03. The number of allylic oxidation sites excluding steroid dienone is 4. The van der Waals surface area contributed by atoms with Crippen LogP contribution in [0.5, 0.6) is 0 Å². The average molecular weight is 166 g/mol. The van der Waals surface area contributed by atoms with Crippen molar-refractivity contribution in [2.24, 2.45) is 5.92 Å². The van der Waals surface area contributed by atoms with E-state index in [0.29, 0.717) is 5.92 Å². The van der Waals surface area contributed by atoms with Gasteiger partial charge in [0.25, 0.3) is 0 Å². The maximum atomic E-state index is 2.30. The first-order valence-electron chi connectivity index (χ1n) is 4.90. The highest BCUT2D eigenvalue weighted by atomic mass is 14.1. The van der Waals surface area contributed by atoms with Crippen LogP contribution in [0.4, 0.5) is 0 Å². The van der Waals surface area contributed by atoms with E-state index < -0.39 is 0 Å². The van der Waals surface area contributed by atoms with Crippen LogP contribution in [0, 0.1) is 5.92 Å². The van der Waals surface area contributed by atoms with E-state index in [4.69, 9.17) is 0 Å². The second kappa shape index (κ2) is 6.05. The molecule has 0 aliphatic rings. The molecule has 0 rings (SSSR count). The van der Waals surface area contributed by atoms with Gasteiger partial charge in [0.1, 0.15) is 0 Å². The highest BCUT2D eigenvalue weighted by Crippen LogP contribution is 2.19. The van der Waals surface area contributed by atoms with Gasteiger partial charge in [-0.25, -0.2) is 0 Å². The van der Waals surface area contributed by atoms with E-state index >= 15 is 0 Å². The van der Waals surface area contributed by atoms with Gasteiger partial charge in [-0.1, -0.05) is 37.1 Å². The van der Waals surface area contributed by atoms with Gasteiger partial charge in [0.2, 0.25) is 0 Å². The van der Waals surface area contributed by atoms with Crippen LogP contribution in [0.25, 0.3) is 0 Å². The molecule has 0 heterocycles. The van der Waals surface area contributed by atoms with Crippen molar-refractivity contribution in [3.63, 3.8) is 0 Å². The van der Waals surface area contributed by atoms with Crippen LogP contribution in [-0.4, -0.2) is 0 Å². The van der Waals surface area contributed by atoms with E-state index in [9.17, 15) is 0 Å². The molecule has 1 unspecified atom stereocenters. The Labute approximate surface area is 77.4 Å². The Balaban J connectivity index is 4.17. The van der Waals surface area contributed by atoms with Crippen LogP contribution in [0.2, 0.25) is 0 Å². The predicted octanol–water partition coefficient (Wildman–Crippen LogP) is 4.34. The number of hydrogen-bond acceptors (Lipinski definition) is 0. The van der Waals surface area contributed by atoms with E-state index in [-0.39, 0.29) is 0 Å². The summed E-state index contributed by atoms with van der Waals surface area (Å²) < 4.78 is 0. The second-order valence-electron chi connectivity index (χ2n) is 3.52. The number of hydrogen-bond donors (Lipinski definition) is 0. The first kappa shape index (κ1) is 11.5. The molecule has 0 aliphatic carbocycles. The Morgan fingerprint density at radius 2 is 1.92 bits per heavy atom. The largest absolute Gasteiger partial charge is 0.0916 e. The number of rotatable bonds is 4. The molecule has 0 fully saturated rings. The molecule has 0 saturated heterocycles. The van der Waals surface area contributed by atoms with Gasteiger partial charge >= 0.3 is 0 Å². The molecule has 1 atom stereocenters. The highest BCUT2D eigenvalue weighted by molar-refractivity contribution is 5.12. The van der Waals surface area contributed by atoms with Crippen LogP contribution in [0.3, 0.4) is 0 Å². The lowest BCUT2D eigenvalue weighted by molar-refractivity contribution is 0.680. The van der Waals surface area contributed by atoms with Gasteiger partial charge in [-0.15, -0.1) is 0 Å². The molecule has 0 N–H and O–H groups in total.